The second-order valence-electron chi connectivity index (χ2n) is 4.05. The van der Waals surface area contributed by atoms with Crippen LogP contribution in [0.4, 0.5) is 5.82 Å². The highest BCUT2D eigenvalue weighted by Crippen LogP contribution is 2.18. The Bertz CT molecular complexity index is 288. The number of rotatable bonds is 5. The van der Waals surface area contributed by atoms with Crippen LogP contribution in [-0.2, 0) is 0 Å². The minimum atomic E-state index is -0.522. The largest absolute Gasteiger partial charge is 0.396 e. The molecule has 5 heteroatoms. The van der Waals surface area contributed by atoms with E-state index < -0.39 is 5.41 Å². The lowest BCUT2D eigenvalue weighted by atomic mass is 9.92. The van der Waals surface area contributed by atoms with Gasteiger partial charge >= 0.3 is 0 Å². The lowest BCUT2D eigenvalue weighted by Gasteiger charge is -2.30. The van der Waals surface area contributed by atoms with E-state index in [1.54, 1.807) is 18.6 Å². The summed E-state index contributed by atoms with van der Waals surface area (Å²) in [6, 6.07) is 0. The van der Waals surface area contributed by atoms with Gasteiger partial charge in [0, 0.05) is 31.4 Å². The highest BCUT2D eigenvalue weighted by atomic mass is 16.3. The molecular weight excluding hydrogens is 194 g/mol. The van der Waals surface area contributed by atoms with Crippen LogP contribution >= 0.6 is 0 Å². The molecule has 0 fully saturated rings. The quantitative estimate of drug-likeness (QED) is 0.712. The summed E-state index contributed by atoms with van der Waals surface area (Å²) >= 11 is 0. The van der Waals surface area contributed by atoms with Gasteiger partial charge in [-0.3, -0.25) is 4.98 Å². The van der Waals surface area contributed by atoms with Crippen LogP contribution < -0.4 is 4.90 Å². The first-order chi connectivity index (χ1) is 7.11. The van der Waals surface area contributed by atoms with Crippen LogP contribution in [0.2, 0.25) is 0 Å². The van der Waals surface area contributed by atoms with Crippen molar-refractivity contribution in [3.63, 3.8) is 0 Å². The maximum absolute atomic E-state index is 9.16. The second kappa shape index (κ2) is 5.04. The summed E-state index contributed by atoms with van der Waals surface area (Å²) in [5, 5.41) is 18.3. The number of aliphatic hydroxyl groups excluding tert-OH is 2. The number of nitrogens with zero attached hydrogens (tertiary/aromatic N) is 3. The first kappa shape index (κ1) is 11.9. The van der Waals surface area contributed by atoms with Crippen LogP contribution in [0.5, 0.6) is 0 Å². The van der Waals surface area contributed by atoms with Gasteiger partial charge in [-0.1, -0.05) is 6.92 Å². The Morgan fingerprint density at radius 1 is 1.33 bits per heavy atom. The van der Waals surface area contributed by atoms with Gasteiger partial charge in [-0.25, -0.2) is 4.98 Å². The average molecular weight is 211 g/mol. The molecule has 0 saturated carbocycles. The predicted octanol–water partition coefficient (Wildman–Crippen LogP) is -0.0963. The summed E-state index contributed by atoms with van der Waals surface area (Å²) in [4.78, 5) is 9.95. The average Bonchev–Trinajstić information content (AvgIpc) is 2.30. The molecule has 1 rings (SSSR count). The van der Waals surface area contributed by atoms with Crippen LogP contribution in [0.15, 0.2) is 18.6 Å². The van der Waals surface area contributed by atoms with Crippen molar-refractivity contribution in [1.29, 1.82) is 0 Å². The Balaban J connectivity index is 2.67. The monoisotopic (exact) mass is 211 g/mol. The molecule has 1 heterocycles. The van der Waals surface area contributed by atoms with Crippen molar-refractivity contribution in [2.45, 2.75) is 6.92 Å². The molecule has 0 spiro atoms. The topological polar surface area (TPSA) is 69.5 Å². The van der Waals surface area contributed by atoms with Gasteiger partial charge in [-0.15, -0.1) is 0 Å². The van der Waals surface area contributed by atoms with E-state index in [1.807, 2.05) is 18.9 Å². The fourth-order valence-electron chi connectivity index (χ4n) is 1.29. The Labute approximate surface area is 89.4 Å². The molecule has 0 bridgehead atoms. The molecule has 0 aliphatic heterocycles. The summed E-state index contributed by atoms with van der Waals surface area (Å²) in [5.74, 6) is 0.727. The molecule has 1 aromatic rings. The van der Waals surface area contributed by atoms with Crippen molar-refractivity contribution in [2.24, 2.45) is 5.41 Å². The summed E-state index contributed by atoms with van der Waals surface area (Å²) in [7, 11) is 1.85. The van der Waals surface area contributed by atoms with Crippen molar-refractivity contribution < 1.29 is 10.2 Å². The Hall–Kier alpha value is -1.20. The van der Waals surface area contributed by atoms with E-state index in [-0.39, 0.29) is 13.2 Å². The van der Waals surface area contributed by atoms with Gasteiger partial charge in [-0.05, 0) is 0 Å². The highest BCUT2D eigenvalue weighted by molar-refractivity contribution is 5.33. The molecule has 0 amide bonds. The minimum Gasteiger partial charge on any atom is -0.396 e. The van der Waals surface area contributed by atoms with Crippen molar-refractivity contribution in [1.82, 2.24) is 9.97 Å². The van der Waals surface area contributed by atoms with Crippen LogP contribution in [0.3, 0.4) is 0 Å². The van der Waals surface area contributed by atoms with Crippen molar-refractivity contribution in [2.75, 3.05) is 31.7 Å². The van der Waals surface area contributed by atoms with E-state index in [0.717, 1.165) is 5.82 Å². The summed E-state index contributed by atoms with van der Waals surface area (Å²) < 4.78 is 0. The summed E-state index contributed by atoms with van der Waals surface area (Å²) in [6.07, 6.45) is 4.87. The molecule has 0 unspecified atom stereocenters. The number of hydrogen-bond acceptors (Lipinski definition) is 5. The van der Waals surface area contributed by atoms with Gasteiger partial charge in [0.1, 0.15) is 5.82 Å². The molecule has 0 atom stereocenters. The molecule has 5 nitrogen and oxygen atoms in total. The SMILES string of the molecule is CN(CC(C)(CO)CO)c1cnccn1. The predicted molar refractivity (Wildman–Crippen MR) is 57.6 cm³/mol. The fraction of sp³-hybridized carbons (Fsp3) is 0.600. The zero-order valence-electron chi connectivity index (χ0n) is 9.09. The Morgan fingerprint density at radius 3 is 2.47 bits per heavy atom. The van der Waals surface area contributed by atoms with Crippen molar-refractivity contribution >= 4 is 5.82 Å². The third-order valence-corrected chi connectivity index (χ3v) is 2.32. The number of anilines is 1. The fourth-order valence-corrected chi connectivity index (χ4v) is 1.29. The third kappa shape index (κ3) is 3.14. The van der Waals surface area contributed by atoms with Gasteiger partial charge in [0.05, 0.1) is 19.4 Å². The first-order valence-corrected chi connectivity index (χ1v) is 4.80. The normalized spacial score (nSPS) is 11.5. The van der Waals surface area contributed by atoms with E-state index >= 15 is 0 Å². The first-order valence-electron chi connectivity index (χ1n) is 4.80. The van der Waals surface area contributed by atoms with E-state index in [0.29, 0.717) is 6.54 Å². The summed E-state index contributed by atoms with van der Waals surface area (Å²) in [5.41, 5.74) is -0.522. The number of aromatic nitrogens is 2. The van der Waals surface area contributed by atoms with E-state index in [2.05, 4.69) is 9.97 Å². The molecule has 0 saturated heterocycles. The van der Waals surface area contributed by atoms with Gasteiger partial charge in [0.25, 0.3) is 0 Å². The zero-order chi connectivity index (χ0) is 11.3. The maximum Gasteiger partial charge on any atom is 0.146 e. The zero-order valence-corrected chi connectivity index (χ0v) is 9.09. The molecule has 0 radical (unpaired) electrons. The molecule has 0 aromatic carbocycles. The lowest BCUT2D eigenvalue weighted by Crippen LogP contribution is -2.39. The highest BCUT2D eigenvalue weighted by Gasteiger charge is 2.24. The van der Waals surface area contributed by atoms with Crippen molar-refractivity contribution in [3.05, 3.63) is 18.6 Å². The Kier molecular flexibility index (Phi) is 3.99. The standard InChI is InChI=1S/C10H17N3O2/c1-10(7-14,8-15)6-13(2)9-5-11-3-4-12-9/h3-5,14-15H,6-8H2,1-2H3. The molecule has 1 aromatic heterocycles. The number of hydrogen-bond donors (Lipinski definition) is 2. The lowest BCUT2D eigenvalue weighted by molar-refractivity contribution is 0.0761. The van der Waals surface area contributed by atoms with Crippen LogP contribution in [-0.4, -0.2) is 47.0 Å². The van der Waals surface area contributed by atoms with Crippen molar-refractivity contribution in [3.8, 4) is 0 Å². The number of aliphatic hydroxyl groups is 2. The van der Waals surface area contributed by atoms with Gasteiger partial charge < -0.3 is 15.1 Å². The van der Waals surface area contributed by atoms with Gasteiger partial charge in [-0.2, -0.15) is 0 Å². The van der Waals surface area contributed by atoms with Crippen LogP contribution in [0.25, 0.3) is 0 Å². The van der Waals surface area contributed by atoms with Gasteiger partial charge in [0.2, 0.25) is 0 Å². The molecule has 0 aliphatic rings. The maximum atomic E-state index is 9.16. The smallest absolute Gasteiger partial charge is 0.146 e. The summed E-state index contributed by atoms with van der Waals surface area (Å²) in [6.45, 7) is 2.22. The molecular formula is C10H17N3O2. The molecule has 15 heavy (non-hydrogen) atoms. The molecule has 84 valence electrons. The Morgan fingerprint density at radius 2 is 2.00 bits per heavy atom. The van der Waals surface area contributed by atoms with E-state index in [9.17, 15) is 0 Å². The van der Waals surface area contributed by atoms with Crippen LogP contribution in [0.1, 0.15) is 6.92 Å². The minimum absolute atomic E-state index is 0.0614. The van der Waals surface area contributed by atoms with E-state index in [1.165, 1.54) is 0 Å². The molecule has 0 aliphatic carbocycles. The van der Waals surface area contributed by atoms with Gasteiger partial charge in [0.15, 0.2) is 0 Å². The third-order valence-electron chi connectivity index (χ3n) is 2.32. The molecule has 2 N–H and O–H groups in total. The van der Waals surface area contributed by atoms with E-state index in [4.69, 9.17) is 10.2 Å². The van der Waals surface area contributed by atoms with Crippen LogP contribution in [0, 0.1) is 5.41 Å². The second-order valence-corrected chi connectivity index (χ2v) is 4.05.